The summed E-state index contributed by atoms with van der Waals surface area (Å²) in [5.74, 6) is -1.59. The van der Waals surface area contributed by atoms with Crippen LogP contribution in [0.15, 0.2) is 42.5 Å². The van der Waals surface area contributed by atoms with Crippen LogP contribution in [0.2, 0.25) is 5.02 Å². The van der Waals surface area contributed by atoms with Gasteiger partial charge in [-0.1, -0.05) is 17.7 Å². The van der Waals surface area contributed by atoms with Crippen molar-refractivity contribution in [3.05, 3.63) is 58.6 Å². The molecule has 2 atom stereocenters. The van der Waals surface area contributed by atoms with Crippen molar-refractivity contribution in [3.63, 3.8) is 0 Å². The molecule has 0 spiro atoms. The van der Waals surface area contributed by atoms with Gasteiger partial charge in [-0.2, -0.15) is 0 Å². The molecule has 3 rings (SSSR count). The summed E-state index contributed by atoms with van der Waals surface area (Å²) in [6.07, 6.45) is 0.498. The van der Waals surface area contributed by atoms with Gasteiger partial charge in [0, 0.05) is 16.4 Å². The molecule has 1 fully saturated rings. The Balaban J connectivity index is 1.54. The highest BCUT2D eigenvalue weighted by Crippen LogP contribution is 2.40. The molecule has 1 aliphatic carbocycles. The van der Waals surface area contributed by atoms with Crippen LogP contribution in [0.3, 0.4) is 0 Å². The second-order valence-corrected chi connectivity index (χ2v) is 6.87. The summed E-state index contributed by atoms with van der Waals surface area (Å²) in [5, 5.41) is 6.13. The van der Waals surface area contributed by atoms with Gasteiger partial charge < -0.3 is 15.4 Å². The first kappa shape index (κ1) is 18.9. The van der Waals surface area contributed by atoms with Crippen molar-refractivity contribution in [2.24, 2.45) is 11.8 Å². The van der Waals surface area contributed by atoms with Crippen molar-refractivity contribution in [2.45, 2.75) is 13.3 Å². The van der Waals surface area contributed by atoms with Gasteiger partial charge in [0.15, 0.2) is 0 Å². The number of methoxy groups -OCH3 is 1. The standard InChI is InChI=1S/C20H19ClN2O4/c1-11-3-6-14(9-17(11)21)23-19(25)16-10-15(16)18(24)22-13-7-4-12(5-8-13)20(26)27-2/h3-9,15-16H,10H2,1-2H3,(H,22,24)(H,23,25). The molecule has 27 heavy (non-hydrogen) atoms. The molecule has 2 unspecified atom stereocenters. The second-order valence-electron chi connectivity index (χ2n) is 6.46. The van der Waals surface area contributed by atoms with Gasteiger partial charge in [0.1, 0.15) is 0 Å². The molecule has 2 amide bonds. The zero-order chi connectivity index (χ0) is 19.6. The number of rotatable bonds is 5. The van der Waals surface area contributed by atoms with Gasteiger partial charge in [-0.05, 0) is 55.3 Å². The highest BCUT2D eigenvalue weighted by atomic mass is 35.5. The topological polar surface area (TPSA) is 84.5 Å². The summed E-state index contributed by atoms with van der Waals surface area (Å²) in [6, 6.07) is 11.7. The number of carbonyl (C=O) groups is 3. The van der Waals surface area contributed by atoms with E-state index in [-0.39, 0.29) is 23.7 Å². The molecule has 6 nitrogen and oxygen atoms in total. The number of aryl methyl sites for hydroxylation is 1. The predicted octanol–water partition coefficient (Wildman–Crippen LogP) is 3.65. The molecule has 7 heteroatoms. The highest BCUT2D eigenvalue weighted by Gasteiger charge is 2.48. The molecule has 2 aromatic carbocycles. The molecule has 2 N–H and O–H groups in total. The maximum atomic E-state index is 12.3. The third-order valence-corrected chi connectivity index (χ3v) is 4.88. The highest BCUT2D eigenvalue weighted by molar-refractivity contribution is 6.31. The van der Waals surface area contributed by atoms with E-state index in [9.17, 15) is 14.4 Å². The minimum atomic E-state index is -0.442. The zero-order valence-corrected chi connectivity index (χ0v) is 15.7. The van der Waals surface area contributed by atoms with Gasteiger partial charge in [-0.15, -0.1) is 0 Å². The average Bonchev–Trinajstić information content (AvgIpc) is 3.46. The lowest BCUT2D eigenvalue weighted by atomic mass is 10.2. The summed E-state index contributed by atoms with van der Waals surface area (Å²) < 4.78 is 4.63. The van der Waals surface area contributed by atoms with Gasteiger partial charge in [0.25, 0.3) is 0 Å². The summed E-state index contributed by atoms with van der Waals surface area (Å²) in [4.78, 5) is 36.0. The quantitative estimate of drug-likeness (QED) is 0.768. The summed E-state index contributed by atoms with van der Waals surface area (Å²) in [7, 11) is 1.31. The van der Waals surface area contributed by atoms with Crippen LogP contribution in [0.25, 0.3) is 0 Å². The number of hydrogen-bond donors (Lipinski definition) is 2. The maximum Gasteiger partial charge on any atom is 0.337 e. The van der Waals surface area contributed by atoms with E-state index in [0.29, 0.717) is 28.4 Å². The molecule has 1 aliphatic rings. The van der Waals surface area contributed by atoms with Crippen LogP contribution in [0.4, 0.5) is 11.4 Å². The third-order valence-electron chi connectivity index (χ3n) is 4.48. The van der Waals surface area contributed by atoms with Gasteiger partial charge in [0.2, 0.25) is 11.8 Å². The predicted molar refractivity (Wildman–Crippen MR) is 103 cm³/mol. The van der Waals surface area contributed by atoms with Gasteiger partial charge in [-0.3, -0.25) is 9.59 Å². The number of nitrogens with one attached hydrogen (secondary N) is 2. The Bertz CT molecular complexity index is 895. The summed E-state index contributed by atoms with van der Waals surface area (Å²) >= 11 is 6.06. The van der Waals surface area contributed by atoms with Gasteiger partial charge in [-0.25, -0.2) is 4.79 Å². The van der Waals surface area contributed by atoms with Crippen molar-refractivity contribution < 1.29 is 19.1 Å². The van der Waals surface area contributed by atoms with Crippen LogP contribution < -0.4 is 10.6 Å². The Morgan fingerprint density at radius 2 is 1.52 bits per heavy atom. The SMILES string of the molecule is COC(=O)c1ccc(NC(=O)C2CC2C(=O)Nc2ccc(C)c(Cl)c2)cc1. The molecule has 0 bridgehead atoms. The molecule has 2 aromatic rings. The smallest absolute Gasteiger partial charge is 0.337 e. The Morgan fingerprint density at radius 1 is 0.963 bits per heavy atom. The van der Waals surface area contributed by atoms with Gasteiger partial charge >= 0.3 is 5.97 Å². The maximum absolute atomic E-state index is 12.3. The van der Waals surface area contributed by atoms with Crippen LogP contribution in [0.1, 0.15) is 22.3 Å². The minimum absolute atomic E-state index is 0.198. The summed E-state index contributed by atoms with van der Waals surface area (Å²) in [6.45, 7) is 1.88. The van der Waals surface area contributed by atoms with Crippen LogP contribution in [0.5, 0.6) is 0 Å². The van der Waals surface area contributed by atoms with E-state index in [0.717, 1.165) is 5.56 Å². The number of amides is 2. The van der Waals surface area contributed by atoms with E-state index in [1.807, 2.05) is 13.0 Å². The molecular weight excluding hydrogens is 368 g/mol. The average molecular weight is 387 g/mol. The first-order valence-electron chi connectivity index (χ1n) is 8.45. The lowest BCUT2D eigenvalue weighted by Crippen LogP contribution is -2.20. The van der Waals surface area contributed by atoms with E-state index in [1.54, 1.807) is 36.4 Å². The third kappa shape index (κ3) is 4.46. The molecule has 0 aromatic heterocycles. The molecular formula is C20H19ClN2O4. The number of anilines is 2. The van der Waals surface area contributed by atoms with Crippen molar-refractivity contribution in [1.82, 2.24) is 0 Å². The lowest BCUT2D eigenvalue weighted by molar-refractivity contribution is -0.122. The summed E-state index contributed by atoms with van der Waals surface area (Å²) in [5.41, 5.74) is 2.50. The molecule has 0 heterocycles. The fourth-order valence-corrected chi connectivity index (χ4v) is 2.90. The molecule has 140 valence electrons. The number of halogens is 1. The van der Waals surface area contributed by atoms with Crippen molar-refractivity contribution >= 4 is 40.8 Å². The fraction of sp³-hybridized carbons (Fsp3) is 0.250. The van der Waals surface area contributed by atoms with Crippen molar-refractivity contribution in [3.8, 4) is 0 Å². The van der Waals surface area contributed by atoms with E-state index in [2.05, 4.69) is 15.4 Å². The Morgan fingerprint density at radius 3 is 2.07 bits per heavy atom. The Labute approximate surface area is 161 Å². The van der Waals surface area contributed by atoms with Crippen molar-refractivity contribution in [2.75, 3.05) is 17.7 Å². The van der Waals surface area contributed by atoms with Gasteiger partial charge in [0.05, 0.1) is 24.5 Å². The molecule has 0 saturated heterocycles. The normalized spacial score (nSPS) is 17.7. The van der Waals surface area contributed by atoms with E-state index in [1.165, 1.54) is 7.11 Å². The van der Waals surface area contributed by atoms with E-state index < -0.39 is 5.97 Å². The first-order chi connectivity index (χ1) is 12.9. The van der Waals surface area contributed by atoms with Crippen molar-refractivity contribution in [1.29, 1.82) is 0 Å². The number of ether oxygens (including phenoxy) is 1. The number of esters is 1. The largest absolute Gasteiger partial charge is 0.465 e. The number of carbonyl (C=O) groups excluding carboxylic acids is 3. The molecule has 0 radical (unpaired) electrons. The van der Waals surface area contributed by atoms with Crippen LogP contribution in [-0.2, 0) is 14.3 Å². The Hall–Kier alpha value is -2.86. The van der Waals surface area contributed by atoms with Crippen LogP contribution >= 0.6 is 11.6 Å². The van der Waals surface area contributed by atoms with E-state index in [4.69, 9.17) is 11.6 Å². The first-order valence-corrected chi connectivity index (χ1v) is 8.83. The molecule has 1 saturated carbocycles. The monoisotopic (exact) mass is 386 g/mol. The second kappa shape index (κ2) is 7.80. The minimum Gasteiger partial charge on any atom is -0.465 e. The fourth-order valence-electron chi connectivity index (χ4n) is 2.72. The van der Waals surface area contributed by atoms with Crippen LogP contribution in [0, 0.1) is 18.8 Å². The van der Waals surface area contributed by atoms with E-state index >= 15 is 0 Å². The number of benzene rings is 2. The lowest BCUT2D eigenvalue weighted by Gasteiger charge is -2.08. The number of hydrogen-bond acceptors (Lipinski definition) is 4. The molecule has 0 aliphatic heterocycles. The van der Waals surface area contributed by atoms with Crippen LogP contribution in [-0.4, -0.2) is 24.9 Å². The zero-order valence-electron chi connectivity index (χ0n) is 14.9. The Kier molecular flexibility index (Phi) is 5.46.